The molecule has 0 aliphatic carbocycles. The quantitative estimate of drug-likeness (QED) is 0.845. The van der Waals surface area contributed by atoms with E-state index >= 15 is 0 Å². The fourth-order valence-electron chi connectivity index (χ4n) is 2.46. The predicted octanol–water partition coefficient (Wildman–Crippen LogP) is 4.20. The third-order valence-corrected chi connectivity index (χ3v) is 5.19. The average molecular weight is 306 g/mol. The van der Waals surface area contributed by atoms with E-state index in [4.69, 9.17) is 22.1 Å². The summed E-state index contributed by atoms with van der Waals surface area (Å²) in [6.45, 7) is 2.77. The maximum Gasteiger partial charge on any atom is 0.165 e. The van der Waals surface area contributed by atoms with Crippen LogP contribution < -0.4 is 5.73 Å². The van der Waals surface area contributed by atoms with Gasteiger partial charge in [-0.2, -0.15) is 0 Å². The number of halogens is 1. The van der Waals surface area contributed by atoms with E-state index in [0.29, 0.717) is 0 Å². The summed E-state index contributed by atoms with van der Waals surface area (Å²) in [5, 5.41) is 0.736. The van der Waals surface area contributed by atoms with Gasteiger partial charge in [0.1, 0.15) is 0 Å². The Morgan fingerprint density at radius 2 is 1.85 bits per heavy atom. The van der Waals surface area contributed by atoms with Gasteiger partial charge in [0.2, 0.25) is 0 Å². The molecule has 1 aliphatic heterocycles. The lowest BCUT2D eigenvalue weighted by atomic mass is 9.98. The molecule has 2 N–H and O–H groups in total. The Balaban J connectivity index is 2.12. The van der Waals surface area contributed by atoms with E-state index < -0.39 is 4.93 Å². The second-order valence-electron chi connectivity index (χ2n) is 4.89. The zero-order valence-corrected chi connectivity index (χ0v) is 12.8. The topological polar surface area (TPSA) is 35.2 Å². The fraction of sp³-hybridized carbons (Fsp3) is 0.250. The first-order valence-corrected chi connectivity index (χ1v) is 7.89. The Hall–Kier alpha value is -1.16. The number of aryl methyl sites for hydroxylation is 1. The van der Waals surface area contributed by atoms with Crippen LogP contribution in [0.5, 0.6) is 0 Å². The molecule has 1 fully saturated rings. The number of ether oxygens (including phenoxy) is 1. The Labute approximate surface area is 128 Å². The second-order valence-corrected chi connectivity index (χ2v) is 6.60. The predicted molar refractivity (Wildman–Crippen MR) is 86.2 cm³/mol. The number of nitrogen functional groups attached to an aromatic ring is 1. The van der Waals surface area contributed by atoms with Gasteiger partial charge in [0.25, 0.3) is 0 Å². The van der Waals surface area contributed by atoms with Gasteiger partial charge in [-0.25, -0.2) is 0 Å². The number of hydrogen-bond acceptors (Lipinski definition) is 3. The molecule has 0 aromatic heterocycles. The Morgan fingerprint density at radius 1 is 1.15 bits per heavy atom. The molecule has 104 valence electrons. The Bertz CT molecular complexity index is 621. The van der Waals surface area contributed by atoms with Crippen LogP contribution in [0.3, 0.4) is 0 Å². The monoisotopic (exact) mass is 305 g/mol. The van der Waals surface area contributed by atoms with Gasteiger partial charge in [0.05, 0.1) is 6.61 Å². The fourth-order valence-corrected chi connectivity index (χ4v) is 3.81. The minimum atomic E-state index is -0.441. The van der Waals surface area contributed by atoms with Crippen molar-refractivity contribution in [2.45, 2.75) is 11.9 Å². The lowest BCUT2D eigenvalue weighted by Gasteiger charge is -2.29. The maximum absolute atomic E-state index is 6.13. The summed E-state index contributed by atoms with van der Waals surface area (Å²) in [5.41, 5.74) is 10.1. The van der Waals surface area contributed by atoms with Gasteiger partial charge < -0.3 is 10.5 Å². The molecule has 1 atom stereocenters. The van der Waals surface area contributed by atoms with Crippen molar-refractivity contribution >= 4 is 29.1 Å². The number of anilines is 1. The lowest BCUT2D eigenvalue weighted by molar-refractivity contribution is 0.0808. The molecular weight excluding hydrogens is 290 g/mol. The molecule has 1 saturated heterocycles. The number of nitrogens with two attached hydrogens (primary N) is 1. The second kappa shape index (κ2) is 5.32. The molecule has 4 heteroatoms. The van der Waals surface area contributed by atoms with Crippen molar-refractivity contribution in [2.24, 2.45) is 0 Å². The van der Waals surface area contributed by atoms with Crippen molar-refractivity contribution in [3.8, 4) is 0 Å². The van der Waals surface area contributed by atoms with E-state index in [1.54, 1.807) is 0 Å². The molecule has 20 heavy (non-hydrogen) atoms. The largest absolute Gasteiger partial charge is 0.399 e. The molecule has 0 bridgehead atoms. The van der Waals surface area contributed by atoms with E-state index in [9.17, 15) is 0 Å². The number of benzene rings is 2. The van der Waals surface area contributed by atoms with Gasteiger partial charge in [0.15, 0.2) is 4.93 Å². The molecule has 0 amide bonds. The van der Waals surface area contributed by atoms with Crippen LogP contribution in [-0.4, -0.2) is 12.4 Å². The van der Waals surface area contributed by atoms with Crippen molar-refractivity contribution in [1.29, 1.82) is 0 Å². The minimum Gasteiger partial charge on any atom is -0.399 e. The summed E-state index contributed by atoms with van der Waals surface area (Å²) in [6, 6.07) is 14.0. The van der Waals surface area contributed by atoms with Crippen LogP contribution in [0.2, 0.25) is 5.02 Å². The molecule has 1 aliphatic rings. The van der Waals surface area contributed by atoms with Crippen molar-refractivity contribution in [3.05, 3.63) is 64.2 Å². The van der Waals surface area contributed by atoms with Gasteiger partial charge in [-0.1, -0.05) is 29.8 Å². The van der Waals surface area contributed by atoms with Crippen LogP contribution in [0.25, 0.3) is 0 Å². The lowest BCUT2D eigenvalue weighted by Crippen LogP contribution is -2.23. The molecule has 0 radical (unpaired) electrons. The van der Waals surface area contributed by atoms with E-state index in [1.807, 2.05) is 49.0 Å². The summed E-state index contributed by atoms with van der Waals surface area (Å²) < 4.78 is 6.13. The van der Waals surface area contributed by atoms with Gasteiger partial charge in [0, 0.05) is 16.5 Å². The molecule has 0 spiro atoms. The highest BCUT2D eigenvalue weighted by atomic mass is 35.5. The molecule has 3 rings (SSSR count). The molecule has 2 aromatic carbocycles. The molecular formula is C16H16ClNOS. The molecule has 1 unspecified atom stereocenters. The zero-order valence-electron chi connectivity index (χ0n) is 11.2. The summed E-state index contributed by atoms with van der Waals surface area (Å²) in [6.07, 6.45) is 0. The van der Waals surface area contributed by atoms with E-state index in [1.165, 1.54) is 0 Å². The highest BCUT2D eigenvalue weighted by Gasteiger charge is 2.40. The third-order valence-electron chi connectivity index (χ3n) is 3.57. The molecule has 2 aromatic rings. The number of thioether (sulfide) groups is 1. The van der Waals surface area contributed by atoms with Crippen molar-refractivity contribution in [1.82, 2.24) is 0 Å². The standard InChI is InChI=1S/C16H16ClNOS/c1-11-10-13(4-7-15(11)18)16(19-8-9-20-16)12-2-5-14(17)6-3-12/h2-7,10H,8-9,18H2,1H3. The highest BCUT2D eigenvalue weighted by Crippen LogP contribution is 2.48. The van der Waals surface area contributed by atoms with Gasteiger partial charge in [-0.05, 0) is 47.9 Å². The van der Waals surface area contributed by atoms with E-state index in [-0.39, 0.29) is 0 Å². The summed E-state index contributed by atoms with van der Waals surface area (Å²) >= 11 is 7.80. The third kappa shape index (κ3) is 2.30. The van der Waals surface area contributed by atoms with Crippen LogP contribution in [0, 0.1) is 6.92 Å². The minimum absolute atomic E-state index is 0.441. The van der Waals surface area contributed by atoms with Gasteiger partial charge in [-0.15, -0.1) is 11.8 Å². The summed E-state index contributed by atoms with van der Waals surface area (Å²) in [5.74, 6) is 0.978. The average Bonchev–Trinajstić information content (AvgIpc) is 2.93. The highest BCUT2D eigenvalue weighted by molar-refractivity contribution is 8.00. The summed E-state index contributed by atoms with van der Waals surface area (Å²) in [7, 11) is 0. The number of hydrogen-bond donors (Lipinski definition) is 1. The van der Waals surface area contributed by atoms with E-state index in [0.717, 1.165) is 39.8 Å². The van der Waals surface area contributed by atoms with Crippen LogP contribution >= 0.6 is 23.4 Å². The van der Waals surface area contributed by atoms with Gasteiger partial charge >= 0.3 is 0 Å². The van der Waals surface area contributed by atoms with E-state index in [2.05, 4.69) is 12.1 Å². The SMILES string of the molecule is Cc1cc(C2(c3ccc(Cl)cc3)OCCS2)ccc1N. The van der Waals surface area contributed by atoms with Crippen molar-refractivity contribution in [2.75, 3.05) is 18.1 Å². The van der Waals surface area contributed by atoms with Crippen LogP contribution in [0.1, 0.15) is 16.7 Å². The Kier molecular flexibility index (Phi) is 3.67. The van der Waals surface area contributed by atoms with Crippen LogP contribution in [-0.2, 0) is 9.67 Å². The molecule has 1 heterocycles. The normalized spacial score (nSPS) is 22.1. The van der Waals surface area contributed by atoms with Gasteiger partial charge in [-0.3, -0.25) is 0 Å². The first-order valence-electron chi connectivity index (χ1n) is 6.52. The van der Waals surface area contributed by atoms with Crippen molar-refractivity contribution in [3.63, 3.8) is 0 Å². The summed E-state index contributed by atoms with van der Waals surface area (Å²) in [4.78, 5) is -0.441. The van der Waals surface area contributed by atoms with Crippen molar-refractivity contribution < 1.29 is 4.74 Å². The smallest absolute Gasteiger partial charge is 0.165 e. The molecule has 2 nitrogen and oxygen atoms in total. The Morgan fingerprint density at radius 3 is 2.45 bits per heavy atom. The first kappa shape index (κ1) is 13.8. The first-order chi connectivity index (χ1) is 9.62. The van der Waals surface area contributed by atoms with Crippen LogP contribution in [0.4, 0.5) is 5.69 Å². The maximum atomic E-state index is 6.13. The zero-order chi connectivity index (χ0) is 14.2. The van der Waals surface area contributed by atoms with Crippen LogP contribution in [0.15, 0.2) is 42.5 Å². The number of rotatable bonds is 2. The molecule has 0 saturated carbocycles.